The van der Waals surface area contributed by atoms with Crippen LogP contribution in [0.5, 0.6) is 0 Å². The molecule has 0 radical (unpaired) electrons. The van der Waals surface area contributed by atoms with E-state index in [9.17, 15) is 0 Å². The summed E-state index contributed by atoms with van der Waals surface area (Å²) in [7, 11) is 1.00. The number of aliphatic hydroxyl groups is 1. The number of nitrogens with zero attached hydrogens (tertiary/aromatic N) is 5. The normalized spacial score (nSPS) is 10.2. The van der Waals surface area contributed by atoms with Crippen LogP contribution in [0.2, 0.25) is 0 Å². The summed E-state index contributed by atoms with van der Waals surface area (Å²) in [5, 5.41) is 25.2. The van der Waals surface area contributed by atoms with Crippen molar-refractivity contribution in [3.8, 4) is 0 Å². The van der Waals surface area contributed by atoms with E-state index in [0.29, 0.717) is 0 Å². The maximum Gasteiger partial charge on any atom is 2.00 e. The molecule has 1 N–H and O–H groups in total. The van der Waals surface area contributed by atoms with Crippen molar-refractivity contribution in [2.75, 3.05) is 7.11 Å². The van der Waals surface area contributed by atoms with Gasteiger partial charge in [0.15, 0.2) is 0 Å². The third kappa shape index (κ3) is 7.97. The van der Waals surface area contributed by atoms with E-state index < -0.39 is 0 Å². The summed E-state index contributed by atoms with van der Waals surface area (Å²) in [5.41, 5.74) is 0. The summed E-state index contributed by atoms with van der Waals surface area (Å²) in [6, 6.07) is 18.1. The monoisotopic (exact) mass is 513 g/mol. The zero-order valence-corrected chi connectivity index (χ0v) is 18.6. The van der Waals surface area contributed by atoms with Gasteiger partial charge < -0.3 is 28.8 Å². The standard InChI is InChI=1S/C15H9N3S3.2CN.CH4O.Ru/c1-4-10-16-11(5-1)20-13-7-3-9-15(18-13)21-14-8-2-6-12(17-14)19-10;3*1-2;/h1-9H;;;2H,1H3;/q;2*-1;;+2. The Morgan fingerprint density at radius 3 is 0.929 bits per heavy atom. The van der Waals surface area contributed by atoms with Gasteiger partial charge in [-0.25, -0.2) is 15.0 Å². The van der Waals surface area contributed by atoms with E-state index in [-0.39, 0.29) is 19.5 Å². The topological polar surface area (TPSA) is 106 Å². The zero-order chi connectivity index (χ0) is 20.1. The summed E-state index contributed by atoms with van der Waals surface area (Å²) in [6.07, 6.45) is 0. The molecule has 10 heteroatoms. The van der Waals surface area contributed by atoms with Crippen LogP contribution in [0.3, 0.4) is 0 Å². The molecular formula is C18H13N5ORuS3. The van der Waals surface area contributed by atoms with Gasteiger partial charge in [-0.3, -0.25) is 0 Å². The average molecular weight is 513 g/mol. The van der Waals surface area contributed by atoms with E-state index in [4.69, 9.17) is 28.8 Å². The van der Waals surface area contributed by atoms with Crippen molar-refractivity contribution >= 4 is 35.3 Å². The molecule has 142 valence electrons. The van der Waals surface area contributed by atoms with Gasteiger partial charge in [0.25, 0.3) is 0 Å². The molecule has 0 saturated heterocycles. The van der Waals surface area contributed by atoms with Crippen molar-refractivity contribution < 1.29 is 24.6 Å². The van der Waals surface area contributed by atoms with Crippen molar-refractivity contribution in [2.24, 2.45) is 0 Å². The first-order chi connectivity index (χ1) is 13.3. The molecule has 0 saturated carbocycles. The van der Waals surface area contributed by atoms with Crippen LogP contribution in [0.15, 0.2) is 84.8 Å². The predicted molar refractivity (Wildman–Crippen MR) is 103 cm³/mol. The van der Waals surface area contributed by atoms with Crippen molar-refractivity contribution in [1.29, 1.82) is 10.5 Å². The first-order valence-electron chi connectivity index (χ1n) is 7.19. The molecule has 0 amide bonds. The van der Waals surface area contributed by atoms with Crippen LogP contribution in [0.4, 0.5) is 0 Å². The van der Waals surface area contributed by atoms with Crippen LogP contribution < -0.4 is 0 Å². The van der Waals surface area contributed by atoms with Gasteiger partial charge in [0.2, 0.25) is 0 Å². The quantitative estimate of drug-likeness (QED) is 0.270. The minimum absolute atomic E-state index is 0. The molecule has 1 aliphatic rings. The third-order valence-electron chi connectivity index (χ3n) is 2.72. The number of hydrogen-bond donors (Lipinski definition) is 1. The number of aliphatic hydroxyl groups excluding tert-OH is 1. The zero-order valence-electron chi connectivity index (χ0n) is 14.5. The van der Waals surface area contributed by atoms with Crippen LogP contribution in [0, 0.1) is 23.7 Å². The molecule has 1 aliphatic heterocycles. The van der Waals surface area contributed by atoms with Crippen molar-refractivity contribution in [1.82, 2.24) is 15.0 Å². The summed E-state index contributed by atoms with van der Waals surface area (Å²) in [4.78, 5) is 14.0. The summed E-state index contributed by atoms with van der Waals surface area (Å²) in [5.74, 6) is 0. The van der Waals surface area contributed by atoms with Gasteiger partial charge >= 0.3 is 19.5 Å². The van der Waals surface area contributed by atoms with Crippen molar-refractivity contribution in [3.63, 3.8) is 0 Å². The molecule has 6 nitrogen and oxygen atoms in total. The van der Waals surface area contributed by atoms with E-state index in [2.05, 4.69) is 15.0 Å². The molecule has 4 rings (SSSR count). The predicted octanol–water partition coefficient (Wildman–Crippen LogP) is 4.44. The molecule has 0 aliphatic carbocycles. The minimum atomic E-state index is 0. The maximum absolute atomic E-state index is 7.00. The average Bonchev–Trinajstić information content (AvgIpc) is 2.73. The smallest absolute Gasteiger partial charge is 0.512 e. The van der Waals surface area contributed by atoms with Gasteiger partial charge in [0.05, 0.1) is 0 Å². The van der Waals surface area contributed by atoms with Gasteiger partial charge in [0, 0.05) is 7.11 Å². The van der Waals surface area contributed by atoms with E-state index >= 15 is 0 Å². The number of pyridine rings is 3. The van der Waals surface area contributed by atoms with Gasteiger partial charge in [-0.05, 0) is 36.4 Å². The van der Waals surface area contributed by atoms with Gasteiger partial charge in [-0.2, -0.15) is 0 Å². The van der Waals surface area contributed by atoms with Crippen molar-refractivity contribution in [2.45, 2.75) is 30.2 Å². The third-order valence-corrected chi connectivity index (χ3v) is 5.34. The first kappa shape index (κ1) is 26.1. The first-order valence-corrected chi connectivity index (χ1v) is 9.64. The van der Waals surface area contributed by atoms with Crippen LogP contribution in [0.1, 0.15) is 0 Å². The second-order valence-corrected chi connectivity index (χ2v) is 7.37. The molecule has 0 spiro atoms. The molecule has 3 aromatic rings. The van der Waals surface area contributed by atoms with Crippen LogP contribution in [-0.4, -0.2) is 27.2 Å². The molecule has 28 heavy (non-hydrogen) atoms. The molecule has 3 aromatic heterocycles. The fraction of sp³-hybridized carbons (Fsp3) is 0.0556. The van der Waals surface area contributed by atoms with E-state index in [1.54, 1.807) is 35.3 Å². The Bertz CT molecular complexity index is 742. The Balaban J connectivity index is 0.000000957. The Hall–Kier alpha value is -1.94. The number of fused-ring (bicyclic) bond motifs is 6. The summed E-state index contributed by atoms with van der Waals surface area (Å²) < 4.78 is 0. The molecule has 0 unspecified atom stereocenters. The van der Waals surface area contributed by atoms with Crippen molar-refractivity contribution in [3.05, 3.63) is 67.7 Å². The number of hydrogen-bond acceptors (Lipinski definition) is 9. The largest absolute Gasteiger partial charge is 2.00 e. The van der Waals surface area contributed by atoms with Crippen LogP contribution >= 0.6 is 35.3 Å². The van der Waals surface area contributed by atoms with Crippen LogP contribution in [-0.2, 0) is 19.5 Å². The number of aromatic nitrogens is 3. The fourth-order valence-corrected chi connectivity index (χ4v) is 4.41. The van der Waals surface area contributed by atoms with E-state index in [0.717, 1.165) is 37.3 Å². The maximum atomic E-state index is 7.00. The second-order valence-electron chi connectivity index (χ2n) is 4.25. The molecule has 0 fully saturated rings. The van der Waals surface area contributed by atoms with E-state index in [1.807, 2.05) is 54.6 Å². The number of rotatable bonds is 0. The van der Waals surface area contributed by atoms with Gasteiger partial charge in [-0.15, -0.1) is 0 Å². The SMILES string of the molecule is CO.[C-]#N.[C-]#N.[Ru+2].c1cc2nc(c1)Sc1cccc(n1)Sc1cccc(n1)S2. The Kier molecular flexibility index (Phi) is 14.0. The molecule has 6 bridgehead atoms. The Morgan fingerprint density at radius 2 is 0.750 bits per heavy atom. The Labute approximate surface area is 189 Å². The van der Waals surface area contributed by atoms with E-state index in [1.165, 1.54) is 0 Å². The molecular weight excluding hydrogens is 500 g/mol. The Morgan fingerprint density at radius 1 is 0.571 bits per heavy atom. The molecule has 0 aromatic carbocycles. The summed E-state index contributed by atoms with van der Waals surface area (Å²) in [6.45, 7) is 9.50. The fourth-order valence-electron chi connectivity index (χ4n) is 1.85. The van der Waals surface area contributed by atoms with Gasteiger partial charge in [-0.1, -0.05) is 53.5 Å². The molecule has 4 heterocycles. The second kappa shape index (κ2) is 15.0. The molecule has 0 atom stereocenters. The van der Waals surface area contributed by atoms with Crippen LogP contribution in [0.25, 0.3) is 0 Å². The minimum Gasteiger partial charge on any atom is -0.512 e. The van der Waals surface area contributed by atoms with Gasteiger partial charge in [0.1, 0.15) is 30.2 Å². The summed E-state index contributed by atoms with van der Waals surface area (Å²) >= 11 is 4.75.